The summed E-state index contributed by atoms with van der Waals surface area (Å²) < 4.78 is 0. The highest BCUT2D eigenvalue weighted by atomic mass is 127. The van der Waals surface area contributed by atoms with Gasteiger partial charge in [-0.15, -0.1) is 24.0 Å². The van der Waals surface area contributed by atoms with E-state index in [0.29, 0.717) is 12.5 Å². The zero-order chi connectivity index (χ0) is 13.0. The van der Waals surface area contributed by atoms with Crippen LogP contribution in [0.2, 0.25) is 5.02 Å². The zero-order valence-corrected chi connectivity index (χ0v) is 14.3. The standard InChI is InChI=1S/C14H20ClN3.HI/c1-11-6-8-18(9-7-11)14(16)17-10-12-4-2-3-5-13(12)15;/h2-5,11H,6-10H2,1H3,(H2,16,17);1H. The minimum Gasteiger partial charge on any atom is -0.370 e. The Bertz CT molecular complexity index is 428. The van der Waals surface area contributed by atoms with Gasteiger partial charge < -0.3 is 10.6 Å². The molecule has 0 atom stereocenters. The minimum atomic E-state index is 0. The Kier molecular flexibility index (Phi) is 6.93. The van der Waals surface area contributed by atoms with E-state index in [1.807, 2.05) is 24.3 Å². The van der Waals surface area contributed by atoms with Gasteiger partial charge in [0.1, 0.15) is 0 Å². The van der Waals surface area contributed by atoms with Crippen LogP contribution in [-0.2, 0) is 6.54 Å². The van der Waals surface area contributed by atoms with E-state index in [2.05, 4.69) is 16.8 Å². The molecule has 1 fully saturated rings. The van der Waals surface area contributed by atoms with Crippen LogP contribution in [0.15, 0.2) is 29.3 Å². The summed E-state index contributed by atoms with van der Waals surface area (Å²) >= 11 is 6.09. The molecule has 0 unspecified atom stereocenters. The van der Waals surface area contributed by atoms with Crippen molar-refractivity contribution in [3.8, 4) is 0 Å². The summed E-state index contributed by atoms with van der Waals surface area (Å²) in [5, 5.41) is 0.751. The van der Waals surface area contributed by atoms with Gasteiger partial charge in [0, 0.05) is 18.1 Å². The molecule has 1 saturated heterocycles. The maximum Gasteiger partial charge on any atom is 0.191 e. The third-order valence-corrected chi connectivity index (χ3v) is 3.85. The molecule has 2 N–H and O–H groups in total. The summed E-state index contributed by atoms with van der Waals surface area (Å²) in [5.74, 6) is 1.44. The number of nitrogens with two attached hydrogens (primary N) is 1. The van der Waals surface area contributed by atoms with E-state index in [4.69, 9.17) is 17.3 Å². The quantitative estimate of drug-likeness (QED) is 0.475. The third-order valence-electron chi connectivity index (χ3n) is 3.48. The Morgan fingerprint density at radius 3 is 2.63 bits per heavy atom. The molecule has 0 amide bonds. The number of benzene rings is 1. The van der Waals surface area contributed by atoms with Crippen molar-refractivity contribution in [3.63, 3.8) is 0 Å². The Hall–Kier alpha value is -0.490. The largest absolute Gasteiger partial charge is 0.370 e. The summed E-state index contributed by atoms with van der Waals surface area (Å²) in [6.07, 6.45) is 2.39. The molecule has 106 valence electrons. The van der Waals surface area contributed by atoms with Gasteiger partial charge in [-0.25, -0.2) is 4.99 Å². The fraction of sp³-hybridized carbons (Fsp3) is 0.500. The lowest BCUT2D eigenvalue weighted by molar-refractivity contribution is 0.277. The predicted octanol–water partition coefficient (Wildman–Crippen LogP) is 3.50. The molecule has 0 aliphatic carbocycles. The van der Waals surface area contributed by atoms with Crippen LogP contribution in [0, 0.1) is 5.92 Å². The van der Waals surface area contributed by atoms with Crippen LogP contribution in [0.1, 0.15) is 25.3 Å². The maximum atomic E-state index is 6.09. The van der Waals surface area contributed by atoms with Gasteiger partial charge >= 0.3 is 0 Å². The van der Waals surface area contributed by atoms with Gasteiger partial charge in [-0.05, 0) is 30.4 Å². The molecule has 0 bridgehead atoms. The van der Waals surface area contributed by atoms with E-state index < -0.39 is 0 Å². The first-order valence-electron chi connectivity index (χ1n) is 6.45. The number of likely N-dealkylation sites (tertiary alicyclic amines) is 1. The number of hydrogen-bond acceptors (Lipinski definition) is 1. The Labute approximate surface area is 137 Å². The van der Waals surface area contributed by atoms with Gasteiger partial charge in [0.05, 0.1) is 6.54 Å². The molecule has 1 aromatic carbocycles. The summed E-state index contributed by atoms with van der Waals surface area (Å²) in [5.41, 5.74) is 7.05. The molecule has 0 spiro atoms. The zero-order valence-electron chi connectivity index (χ0n) is 11.2. The molecule has 0 saturated carbocycles. The number of aliphatic imine (C=N–C) groups is 1. The lowest BCUT2D eigenvalue weighted by Gasteiger charge is -2.31. The number of piperidine rings is 1. The number of rotatable bonds is 2. The SMILES string of the molecule is CC1CCN(C(N)=NCc2ccccc2Cl)CC1.I. The molecule has 5 heteroatoms. The van der Waals surface area contributed by atoms with Crippen LogP contribution >= 0.6 is 35.6 Å². The molecular formula is C14H21ClIN3. The second-order valence-electron chi connectivity index (χ2n) is 4.94. The number of nitrogens with zero attached hydrogens (tertiary/aromatic N) is 2. The van der Waals surface area contributed by atoms with Gasteiger partial charge in [-0.1, -0.05) is 36.7 Å². The van der Waals surface area contributed by atoms with Gasteiger partial charge in [-0.3, -0.25) is 0 Å². The Balaban J connectivity index is 0.00000180. The normalized spacial score (nSPS) is 17.2. The number of guanidine groups is 1. The highest BCUT2D eigenvalue weighted by Crippen LogP contribution is 2.17. The van der Waals surface area contributed by atoms with Crippen molar-refractivity contribution in [2.45, 2.75) is 26.3 Å². The smallest absolute Gasteiger partial charge is 0.191 e. The van der Waals surface area contributed by atoms with Crippen LogP contribution in [-0.4, -0.2) is 23.9 Å². The fourth-order valence-electron chi connectivity index (χ4n) is 2.13. The second kappa shape index (κ2) is 7.94. The average molecular weight is 394 g/mol. The summed E-state index contributed by atoms with van der Waals surface area (Å²) in [6, 6.07) is 7.75. The van der Waals surface area contributed by atoms with Crippen molar-refractivity contribution in [2.24, 2.45) is 16.6 Å². The Morgan fingerprint density at radius 1 is 1.37 bits per heavy atom. The molecule has 1 aliphatic rings. The Morgan fingerprint density at radius 2 is 2.00 bits per heavy atom. The second-order valence-corrected chi connectivity index (χ2v) is 5.34. The maximum absolute atomic E-state index is 6.09. The van der Waals surface area contributed by atoms with E-state index >= 15 is 0 Å². The van der Waals surface area contributed by atoms with Crippen molar-refractivity contribution in [1.29, 1.82) is 0 Å². The van der Waals surface area contributed by atoms with Crippen LogP contribution in [0.4, 0.5) is 0 Å². The first kappa shape index (κ1) is 16.6. The minimum absolute atomic E-state index is 0. The van der Waals surface area contributed by atoms with Gasteiger partial charge in [0.2, 0.25) is 0 Å². The van der Waals surface area contributed by atoms with Gasteiger partial charge in [0.15, 0.2) is 5.96 Å². The molecule has 1 heterocycles. The van der Waals surface area contributed by atoms with Crippen molar-refractivity contribution >= 4 is 41.5 Å². The monoisotopic (exact) mass is 393 g/mol. The first-order valence-corrected chi connectivity index (χ1v) is 6.83. The van der Waals surface area contributed by atoms with Crippen molar-refractivity contribution in [2.75, 3.05) is 13.1 Å². The van der Waals surface area contributed by atoms with Gasteiger partial charge in [-0.2, -0.15) is 0 Å². The molecule has 3 nitrogen and oxygen atoms in total. The summed E-state index contributed by atoms with van der Waals surface area (Å²) in [4.78, 5) is 6.60. The molecule has 1 aliphatic heterocycles. The fourth-order valence-corrected chi connectivity index (χ4v) is 2.33. The lowest BCUT2D eigenvalue weighted by Crippen LogP contribution is -2.42. The predicted molar refractivity (Wildman–Crippen MR) is 92.2 cm³/mol. The molecule has 0 aromatic heterocycles. The first-order chi connectivity index (χ1) is 8.66. The molecular weight excluding hydrogens is 373 g/mol. The summed E-state index contributed by atoms with van der Waals surface area (Å²) in [7, 11) is 0. The lowest BCUT2D eigenvalue weighted by atomic mass is 10.00. The van der Waals surface area contributed by atoms with Crippen LogP contribution in [0.25, 0.3) is 0 Å². The van der Waals surface area contributed by atoms with Crippen LogP contribution < -0.4 is 5.73 Å². The van der Waals surface area contributed by atoms with E-state index in [9.17, 15) is 0 Å². The van der Waals surface area contributed by atoms with E-state index in [1.165, 1.54) is 12.8 Å². The third kappa shape index (κ3) is 4.84. The molecule has 2 rings (SSSR count). The molecule has 1 aromatic rings. The van der Waals surface area contributed by atoms with E-state index in [1.54, 1.807) is 0 Å². The number of halogens is 2. The van der Waals surface area contributed by atoms with E-state index in [-0.39, 0.29) is 24.0 Å². The highest BCUT2D eigenvalue weighted by molar-refractivity contribution is 14.0. The molecule has 19 heavy (non-hydrogen) atoms. The highest BCUT2D eigenvalue weighted by Gasteiger charge is 2.16. The topological polar surface area (TPSA) is 41.6 Å². The van der Waals surface area contributed by atoms with Crippen LogP contribution in [0.5, 0.6) is 0 Å². The molecule has 0 radical (unpaired) electrons. The van der Waals surface area contributed by atoms with Gasteiger partial charge in [0.25, 0.3) is 0 Å². The number of hydrogen-bond donors (Lipinski definition) is 1. The van der Waals surface area contributed by atoms with E-state index in [0.717, 1.165) is 29.6 Å². The van der Waals surface area contributed by atoms with Crippen LogP contribution in [0.3, 0.4) is 0 Å². The summed E-state index contributed by atoms with van der Waals surface area (Å²) in [6.45, 7) is 4.87. The van der Waals surface area contributed by atoms with Crippen molar-refractivity contribution in [1.82, 2.24) is 4.90 Å². The van der Waals surface area contributed by atoms with Crippen molar-refractivity contribution in [3.05, 3.63) is 34.9 Å². The average Bonchev–Trinajstić information content (AvgIpc) is 2.38. The van der Waals surface area contributed by atoms with Crippen molar-refractivity contribution < 1.29 is 0 Å².